The first-order valence-electron chi connectivity index (χ1n) is 3.13. The lowest BCUT2D eigenvalue weighted by Gasteiger charge is -2.18. The summed E-state index contributed by atoms with van der Waals surface area (Å²) < 4.78 is 0. The van der Waals surface area contributed by atoms with Gasteiger partial charge in [0.05, 0.1) is 0 Å². The highest BCUT2D eigenvalue weighted by Gasteiger charge is 2.19. The van der Waals surface area contributed by atoms with Crippen LogP contribution in [0.25, 0.3) is 0 Å². The largest absolute Gasteiger partial charge is 0.465 e. The second-order valence-corrected chi connectivity index (χ2v) is 3.16. The van der Waals surface area contributed by atoms with E-state index in [1.54, 1.807) is 26.7 Å². The summed E-state index contributed by atoms with van der Waals surface area (Å²) in [6, 6.07) is 0. The van der Waals surface area contributed by atoms with Gasteiger partial charge in [0, 0.05) is 5.41 Å². The number of rotatable bonds is 1. The van der Waals surface area contributed by atoms with E-state index in [1.165, 1.54) is 0 Å². The highest BCUT2D eigenvalue weighted by molar-refractivity contribution is 5.71. The van der Waals surface area contributed by atoms with E-state index in [0.717, 1.165) is 0 Å². The Labute approximate surface area is 64.9 Å². The molecule has 0 aliphatic rings. The van der Waals surface area contributed by atoms with Gasteiger partial charge in [-0.05, 0) is 0 Å². The van der Waals surface area contributed by atoms with Gasteiger partial charge in [-0.2, -0.15) is 0 Å². The summed E-state index contributed by atoms with van der Waals surface area (Å²) in [5.74, 6) is 1.55. The van der Waals surface area contributed by atoms with Gasteiger partial charge < -0.3 is 5.11 Å². The first-order chi connectivity index (χ1) is 4.88. The zero-order valence-electron chi connectivity index (χ0n) is 6.76. The normalized spacial score (nSPS) is 10.1. The summed E-state index contributed by atoms with van der Waals surface area (Å²) in [6.45, 7) is 5.18. The molecule has 0 fully saturated rings. The second kappa shape index (κ2) is 3.21. The number of allylic oxidation sites excluding steroid dienone is 1. The molecule has 4 heteroatoms. The van der Waals surface area contributed by atoms with Crippen molar-refractivity contribution < 1.29 is 14.7 Å². The van der Waals surface area contributed by atoms with E-state index in [4.69, 9.17) is 5.11 Å². The van der Waals surface area contributed by atoms with Gasteiger partial charge in [-0.15, -0.1) is 0 Å². The number of hydrogen-bond donors (Lipinski definition) is 2. The maximum Gasteiger partial charge on any atom is 0.409 e. The quantitative estimate of drug-likeness (QED) is 0.558. The van der Waals surface area contributed by atoms with Crippen molar-refractivity contribution in [1.29, 1.82) is 0 Å². The molecule has 0 bridgehead atoms. The number of carbonyl (C=O) groups excluding carboxylic acids is 1. The maximum atomic E-state index is 10.2. The van der Waals surface area contributed by atoms with E-state index in [-0.39, 0.29) is 5.70 Å². The summed E-state index contributed by atoms with van der Waals surface area (Å²) in [4.78, 5) is 20.3. The Morgan fingerprint density at radius 1 is 1.45 bits per heavy atom. The van der Waals surface area contributed by atoms with Crippen molar-refractivity contribution in [2.45, 2.75) is 20.8 Å². The van der Waals surface area contributed by atoms with E-state index in [1.807, 2.05) is 5.32 Å². The van der Waals surface area contributed by atoms with E-state index >= 15 is 0 Å². The van der Waals surface area contributed by atoms with Gasteiger partial charge in [0.25, 0.3) is 0 Å². The minimum atomic E-state index is -1.24. The molecule has 0 saturated heterocycles. The van der Waals surface area contributed by atoms with Crippen molar-refractivity contribution in [2.24, 2.45) is 5.41 Å². The molecule has 0 aromatic carbocycles. The summed E-state index contributed by atoms with van der Waals surface area (Å²) in [7, 11) is 0. The van der Waals surface area contributed by atoms with Crippen LogP contribution in [0.1, 0.15) is 20.8 Å². The first kappa shape index (κ1) is 9.72. The van der Waals surface area contributed by atoms with Crippen LogP contribution in [-0.2, 0) is 4.79 Å². The molecule has 11 heavy (non-hydrogen) atoms. The molecule has 0 aromatic rings. The number of carbonyl (C=O) groups is 1. The number of carboxylic acid groups (broad SMARTS) is 1. The van der Waals surface area contributed by atoms with Gasteiger partial charge in [-0.25, -0.2) is 9.59 Å². The van der Waals surface area contributed by atoms with Crippen LogP contribution in [0.15, 0.2) is 5.70 Å². The average Bonchev–Trinajstić information content (AvgIpc) is 1.79. The van der Waals surface area contributed by atoms with E-state index in [9.17, 15) is 9.59 Å². The number of amides is 1. The van der Waals surface area contributed by atoms with Crippen molar-refractivity contribution in [3.8, 4) is 0 Å². The molecule has 0 aromatic heterocycles. The molecule has 0 atom stereocenters. The highest BCUT2D eigenvalue weighted by atomic mass is 16.4. The average molecular weight is 157 g/mol. The zero-order valence-corrected chi connectivity index (χ0v) is 6.76. The molecular formula is C7H11NO3. The summed E-state index contributed by atoms with van der Waals surface area (Å²) in [5.41, 5.74) is -0.454. The highest BCUT2D eigenvalue weighted by Crippen LogP contribution is 2.19. The fourth-order valence-electron chi connectivity index (χ4n) is 0.473. The van der Waals surface area contributed by atoms with Gasteiger partial charge in [-0.3, -0.25) is 5.32 Å². The zero-order chi connectivity index (χ0) is 9.07. The lowest BCUT2D eigenvalue weighted by atomic mass is 9.93. The maximum absolute atomic E-state index is 10.2. The Bertz CT molecular complexity index is 208. The lowest BCUT2D eigenvalue weighted by molar-refractivity contribution is 0.195. The molecule has 0 heterocycles. The summed E-state index contributed by atoms with van der Waals surface area (Å²) >= 11 is 0. The Kier molecular flexibility index (Phi) is 2.84. The molecule has 1 amide bonds. The fraction of sp³-hybridized carbons (Fsp3) is 0.571. The first-order valence-corrected chi connectivity index (χ1v) is 3.13. The van der Waals surface area contributed by atoms with Gasteiger partial charge in [-0.1, -0.05) is 20.8 Å². The van der Waals surface area contributed by atoms with Crippen LogP contribution in [0.3, 0.4) is 0 Å². The van der Waals surface area contributed by atoms with Gasteiger partial charge in [0.2, 0.25) is 0 Å². The lowest BCUT2D eigenvalue weighted by Crippen LogP contribution is -2.29. The molecule has 62 valence electrons. The third-order valence-corrected chi connectivity index (χ3v) is 1.08. The molecule has 0 aliphatic heterocycles. The van der Waals surface area contributed by atoms with Crippen LogP contribution in [0, 0.1) is 5.41 Å². The van der Waals surface area contributed by atoms with Crippen LogP contribution in [0.2, 0.25) is 0 Å². The van der Waals surface area contributed by atoms with Crippen LogP contribution < -0.4 is 5.32 Å². The van der Waals surface area contributed by atoms with Crippen molar-refractivity contribution in [3.63, 3.8) is 0 Å². The topological polar surface area (TPSA) is 66.4 Å². The SMILES string of the molecule is CC(C)(C)C(=C=O)NC(=O)O. The van der Waals surface area contributed by atoms with Crippen molar-refractivity contribution in [1.82, 2.24) is 5.32 Å². The monoisotopic (exact) mass is 157 g/mol. The van der Waals surface area contributed by atoms with Crippen molar-refractivity contribution in [2.75, 3.05) is 0 Å². The Hall–Kier alpha value is -1.28. The number of hydrogen-bond acceptors (Lipinski definition) is 2. The Morgan fingerprint density at radius 2 is 1.91 bits per heavy atom. The molecule has 0 aliphatic carbocycles. The standard InChI is InChI=1S/C7H11NO3/c1-7(2,3)5(4-9)8-6(10)11/h8H,1-3H3,(H,10,11). The van der Waals surface area contributed by atoms with Crippen LogP contribution in [0.4, 0.5) is 4.79 Å². The minimum absolute atomic E-state index is 0.0463. The summed E-state index contributed by atoms with van der Waals surface area (Å²) in [5, 5.41) is 10.2. The molecule has 2 N–H and O–H groups in total. The van der Waals surface area contributed by atoms with E-state index in [2.05, 4.69) is 0 Å². The fourth-order valence-corrected chi connectivity index (χ4v) is 0.473. The van der Waals surface area contributed by atoms with Crippen molar-refractivity contribution in [3.05, 3.63) is 5.70 Å². The molecule has 0 radical (unpaired) electrons. The third-order valence-electron chi connectivity index (χ3n) is 1.08. The van der Waals surface area contributed by atoms with E-state index in [0.29, 0.717) is 0 Å². The van der Waals surface area contributed by atoms with Gasteiger partial charge in [0.1, 0.15) is 11.6 Å². The smallest absolute Gasteiger partial charge is 0.409 e. The van der Waals surface area contributed by atoms with Crippen molar-refractivity contribution >= 4 is 12.0 Å². The van der Waals surface area contributed by atoms with Gasteiger partial charge in [0.15, 0.2) is 0 Å². The van der Waals surface area contributed by atoms with Crippen LogP contribution in [-0.4, -0.2) is 17.1 Å². The number of nitrogens with one attached hydrogen (secondary N) is 1. The predicted molar refractivity (Wildman–Crippen MR) is 39.8 cm³/mol. The molecular weight excluding hydrogens is 146 g/mol. The van der Waals surface area contributed by atoms with Gasteiger partial charge >= 0.3 is 6.09 Å². The molecule has 0 spiro atoms. The summed E-state index contributed by atoms with van der Waals surface area (Å²) in [6.07, 6.45) is -1.24. The van der Waals surface area contributed by atoms with Crippen LogP contribution in [0.5, 0.6) is 0 Å². The molecule has 4 nitrogen and oxygen atoms in total. The molecule has 0 rings (SSSR count). The minimum Gasteiger partial charge on any atom is -0.465 e. The second-order valence-electron chi connectivity index (χ2n) is 3.16. The van der Waals surface area contributed by atoms with E-state index < -0.39 is 11.5 Å². The molecule has 0 saturated carbocycles. The van der Waals surface area contributed by atoms with Crippen LogP contribution >= 0.6 is 0 Å². The predicted octanol–water partition coefficient (Wildman–Crippen LogP) is 1.02. The third kappa shape index (κ3) is 3.43. The Balaban J connectivity index is 4.47. The Morgan fingerprint density at radius 3 is 2.00 bits per heavy atom. The molecule has 0 unspecified atom stereocenters.